The molecule has 3 rings (SSSR count). The molecular formula is C15H16N2O2S2. The summed E-state index contributed by atoms with van der Waals surface area (Å²) in [7, 11) is 3.27. The Bertz CT molecular complexity index is 845. The summed E-state index contributed by atoms with van der Waals surface area (Å²) >= 11 is 7.17. The average molecular weight is 320 g/mol. The largest absolute Gasteiger partial charge is 0.493 e. The molecule has 3 aromatic rings. The van der Waals surface area contributed by atoms with E-state index in [0.29, 0.717) is 16.3 Å². The van der Waals surface area contributed by atoms with E-state index in [9.17, 15) is 0 Å². The summed E-state index contributed by atoms with van der Waals surface area (Å²) in [6.07, 6.45) is 0. The van der Waals surface area contributed by atoms with Crippen LogP contribution >= 0.6 is 23.6 Å². The molecule has 0 saturated heterocycles. The quantitative estimate of drug-likeness (QED) is 0.735. The van der Waals surface area contributed by atoms with Gasteiger partial charge < -0.3 is 19.0 Å². The molecule has 0 spiro atoms. The number of H-pyrrole nitrogens is 1. The minimum Gasteiger partial charge on any atom is -0.493 e. The maximum atomic E-state index is 5.46. The van der Waals surface area contributed by atoms with Gasteiger partial charge in [-0.3, -0.25) is 0 Å². The van der Waals surface area contributed by atoms with Crippen LogP contribution in [0, 0.1) is 11.7 Å². The number of rotatable bonds is 4. The van der Waals surface area contributed by atoms with Crippen molar-refractivity contribution in [3.05, 3.63) is 38.8 Å². The number of ether oxygens (including phenoxy) is 2. The van der Waals surface area contributed by atoms with Gasteiger partial charge in [0.2, 0.25) is 0 Å². The first-order valence-electron chi connectivity index (χ1n) is 6.50. The van der Waals surface area contributed by atoms with Crippen LogP contribution in [0.4, 0.5) is 0 Å². The standard InChI is InChI=1S/C15H16N2O2S2/c1-9-7-21-8-10(9)6-17-12-5-14(19-3)13(18-2)4-11(12)16-15(17)20/h4-5,7-8H,6H2,1-3H3,(H,16,20). The maximum Gasteiger partial charge on any atom is 0.178 e. The predicted octanol–water partition coefficient (Wildman–Crippen LogP) is 4.13. The molecule has 2 aromatic heterocycles. The van der Waals surface area contributed by atoms with Gasteiger partial charge >= 0.3 is 0 Å². The second kappa shape index (κ2) is 5.54. The number of nitrogens with one attached hydrogen (secondary N) is 1. The number of hydrogen-bond donors (Lipinski definition) is 1. The Hall–Kier alpha value is -1.79. The molecule has 1 aromatic carbocycles. The Kier molecular flexibility index (Phi) is 3.73. The molecule has 0 saturated carbocycles. The van der Waals surface area contributed by atoms with Crippen LogP contribution in [0.15, 0.2) is 22.9 Å². The number of nitrogens with zero attached hydrogens (tertiary/aromatic N) is 1. The van der Waals surface area contributed by atoms with Gasteiger partial charge in [0.05, 0.1) is 31.8 Å². The Morgan fingerprint density at radius 3 is 2.52 bits per heavy atom. The third-order valence-electron chi connectivity index (χ3n) is 3.57. The van der Waals surface area contributed by atoms with E-state index in [-0.39, 0.29) is 0 Å². The van der Waals surface area contributed by atoms with Crippen molar-refractivity contribution in [2.45, 2.75) is 13.5 Å². The number of thiophene rings is 1. The summed E-state index contributed by atoms with van der Waals surface area (Å²) in [6, 6.07) is 3.88. The summed E-state index contributed by atoms with van der Waals surface area (Å²) in [5.41, 5.74) is 4.54. The normalized spacial score (nSPS) is 11.0. The summed E-state index contributed by atoms with van der Waals surface area (Å²) in [5.74, 6) is 1.40. The highest BCUT2D eigenvalue weighted by Crippen LogP contribution is 2.32. The summed E-state index contributed by atoms with van der Waals surface area (Å²) in [6.45, 7) is 2.87. The van der Waals surface area contributed by atoms with Crippen molar-refractivity contribution < 1.29 is 9.47 Å². The highest BCUT2D eigenvalue weighted by Gasteiger charge is 2.12. The first-order valence-corrected chi connectivity index (χ1v) is 7.85. The molecule has 0 atom stereocenters. The van der Waals surface area contributed by atoms with Crippen LogP contribution in [0.3, 0.4) is 0 Å². The van der Waals surface area contributed by atoms with Gasteiger partial charge in [0.15, 0.2) is 16.3 Å². The summed E-state index contributed by atoms with van der Waals surface area (Å²) in [5, 5.41) is 4.31. The Labute approximate surface area is 131 Å². The fraction of sp³-hybridized carbons (Fsp3) is 0.267. The summed E-state index contributed by atoms with van der Waals surface area (Å²) < 4.78 is 13.5. The first kappa shape index (κ1) is 14.2. The topological polar surface area (TPSA) is 39.2 Å². The Morgan fingerprint density at radius 1 is 1.19 bits per heavy atom. The lowest BCUT2D eigenvalue weighted by Gasteiger charge is -2.09. The SMILES string of the molecule is COc1cc2[nH]c(=S)n(Cc3cscc3C)c2cc1OC. The predicted molar refractivity (Wildman–Crippen MR) is 88.4 cm³/mol. The summed E-state index contributed by atoms with van der Waals surface area (Å²) in [4.78, 5) is 3.23. The maximum absolute atomic E-state index is 5.46. The van der Waals surface area contributed by atoms with Gasteiger partial charge in [-0.15, -0.1) is 0 Å². The molecule has 0 amide bonds. The van der Waals surface area contributed by atoms with E-state index >= 15 is 0 Å². The monoisotopic (exact) mass is 320 g/mol. The van der Waals surface area contributed by atoms with Gasteiger partial charge in [-0.2, -0.15) is 11.3 Å². The minimum atomic E-state index is 0.695. The minimum absolute atomic E-state index is 0.695. The molecule has 1 N–H and O–H groups in total. The van der Waals surface area contributed by atoms with Gasteiger partial charge in [-0.25, -0.2) is 0 Å². The molecule has 0 bridgehead atoms. The molecule has 21 heavy (non-hydrogen) atoms. The van der Waals surface area contributed by atoms with Crippen molar-refractivity contribution >= 4 is 34.6 Å². The van der Waals surface area contributed by atoms with Crippen LogP contribution in [0.2, 0.25) is 0 Å². The molecule has 0 radical (unpaired) electrons. The molecule has 110 valence electrons. The van der Waals surface area contributed by atoms with Gasteiger partial charge in [-0.1, -0.05) is 0 Å². The molecule has 6 heteroatoms. The fourth-order valence-corrected chi connectivity index (χ4v) is 3.48. The van der Waals surface area contributed by atoms with Gasteiger partial charge in [0.1, 0.15) is 0 Å². The van der Waals surface area contributed by atoms with E-state index in [2.05, 4.69) is 27.2 Å². The number of aromatic amines is 1. The molecule has 0 fully saturated rings. The van der Waals surface area contributed by atoms with Crippen molar-refractivity contribution in [1.82, 2.24) is 9.55 Å². The molecule has 2 heterocycles. The van der Waals surface area contributed by atoms with Crippen molar-refractivity contribution in [2.75, 3.05) is 14.2 Å². The van der Waals surface area contributed by atoms with Crippen molar-refractivity contribution in [3.63, 3.8) is 0 Å². The average Bonchev–Trinajstić information content (AvgIpc) is 3.02. The first-order chi connectivity index (χ1) is 10.1. The van der Waals surface area contributed by atoms with Gasteiger partial charge in [0.25, 0.3) is 0 Å². The fourth-order valence-electron chi connectivity index (χ4n) is 2.36. The smallest absolute Gasteiger partial charge is 0.178 e. The van der Waals surface area contributed by atoms with Gasteiger partial charge in [-0.05, 0) is 41.0 Å². The zero-order valence-electron chi connectivity index (χ0n) is 12.1. The number of aryl methyl sites for hydroxylation is 1. The van der Waals surface area contributed by atoms with Crippen molar-refractivity contribution in [3.8, 4) is 11.5 Å². The van der Waals surface area contributed by atoms with E-state index in [1.807, 2.05) is 12.1 Å². The second-order valence-electron chi connectivity index (χ2n) is 4.82. The highest BCUT2D eigenvalue weighted by molar-refractivity contribution is 7.71. The third-order valence-corrected chi connectivity index (χ3v) is 4.80. The lowest BCUT2D eigenvalue weighted by Crippen LogP contribution is -2.00. The molecule has 0 unspecified atom stereocenters. The van der Waals surface area contributed by atoms with E-state index in [4.69, 9.17) is 21.7 Å². The van der Waals surface area contributed by atoms with Crippen molar-refractivity contribution in [1.29, 1.82) is 0 Å². The van der Waals surface area contributed by atoms with Crippen LogP contribution in [0.1, 0.15) is 11.1 Å². The number of benzene rings is 1. The second-order valence-corrected chi connectivity index (χ2v) is 5.95. The zero-order valence-corrected chi connectivity index (χ0v) is 13.7. The third kappa shape index (κ3) is 2.45. The molecule has 0 aliphatic carbocycles. The lowest BCUT2D eigenvalue weighted by molar-refractivity contribution is 0.355. The van der Waals surface area contributed by atoms with Crippen LogP contribution < -0.4 is 9.47 Å². The van der Waals surface area contributed by atoms with E-state index in [1.165, 1.54) is 11.1 Å². The Morgan fingerprint density at radius 2 is 1.90 bits per heavy atom. The van der Waals surface area contributed by atoms with Crippen LogP contribution in [-0.4, -0.2) is 23.8 Å². The van der Waals surface area contributed by atoms with Crippen LogP contribution in [0.5, 0.6) is 11.5 Å². The Balaban J connectivity index is 2.16. The van der Waals surface area contributed by atoms with Crippen LogP contribution in [-0.2, 0) is 6.54 Å². The van der Waals surface area contributed by atoms with E-state index < -0.39 is 0 Å². The highest BCUT2D eigenvalue weighted by atomic mass is 32.1. The molecule has 0 aliphatic rings. The number of methoxy groups -OCH3 is 2. The van der Waals surface area contributed by atoms with E-state index in [0.717, 1.165) is 17.6 Å². The molecule has 4 nitrogen and oxygen atoms in total. The molecule has 0 aliphatic heterocycles. The van der Waals surface area contributed by atoms with E-state index in [1.54, 1.807) is 25.6 Å². The lowest BCUT2D eigenvalue weighted by atomic mass is 10.2. The zero-order chi connectivity index (χ0) is 15.0. The van der Waals surface area contributed by atoms with Crippen molar-refractivity contribution in [2.24, 2.45) is 0 Å². The number of fused-ring (bicyclic) bond motifs is 1. The van der Waals surface area contributed by atoms with Crippen LogP contribution in [0.25, 0.3) is 11.0 Å². The number of imidazole rings is 1. The molecular weight excluding hydrogens is 304 g/mol. The number of aromatic nitrogens is 2. The number of hydrogen-bond acceptors (Lipinski definition) is 4. The van der Waals surface area contributed by atoms with Gasteiger partial charge in [0, 0.05) is 12.1 Å².